The van der Waals surface area contributed by atoms with Crippen LogP contribution in [-0.2, 0) is 85.4 Å². The first-order chi connectivity index (χ1) is 45.3. The number of aliphatic hydroxyl groups is 21. The molecule has 0 aromatic carbocycles. The van der Waals surface area contributed by atoms with Gasteiger partial charge in [0, 0.05) is 20.8 Å². The molecule has 0 aromatic heterocycles. The molecule has 0 radical (unpaired) electrons. The average molecular weight is 1410 g/mol. The molecular formula is C54H91N3O39. The van der Waals surface area contributed by atoms with E-state index in [0.717, 1.165) is 20.8 Å². The summed E-state index contributed by atoms with van der Waals surface area (Å²) in [6, 6.07) is -5.32. The van der Waals surface area contributed by atoms with Crippen molar-refractivity contribution in [3.63, 3.8) is 0 Å². The lowest BCUT2D eigenvalue weighted by Crippen LogP contribution is -2.71. The Balaban J connectivity index is 1.04. The molecule has 42 heteroatoms. The maximum Gasteiger partial charge on any atom is 0.217 e. The van der Waals surface area contributed by atoms with Gasteiger partial charge >= 0.3 is 0 Å². The quantitative estimate of drug-likeness (QED) is 0.0452. The number of ether oxygens (including phenoxy) is 15. The van der Waals surface area contributed by atoms with Crippen LogP contribution >= 0.6 is 0 Å². The fourth-order valence-corrected chi connectivity index (χ4v) is 12.5. The van der Waals surface area contributed by atoms with Gasteiger partial charge in [0.1, 0.15) is 183 Å². The van der Waals surface area contributed by atoms with Crippen molar-refractivity contribution in [2.45, 2.75) is 280 Å². The Morgan fingerprint density at radius 3 is 1.06 bits per heavy atom. The van der Waals surface area contributed by atoms with Gasteiger partial charge in [0.2, 0.25) is 17.7 Å². The summed E-state index contributed by atoms with van der Waals surface area (Å²) < 4.78 is 88.2. The van der Waals surface area contributed by atoms with Crippen LogP contribution in [0, 0.1) is 0 Å². The Morgan fingerprint density at radius 2 is 0.615 bits per heavy atom. The van der Waals surface area contributed by atoms with Crippen LogP contribution in [0.5, 0.6) is 0 Å². The second-order valence-corrected chi connectivity index (χ2v) is 24.6. The van der Waals surface area contributed by atoms with E-state index in [-0.39, 0.29) is 0 Å². The molecule has 96 heavy (non-hydrogen) atoms. The number of hydrogen-bond donors (Lipinski definition) is 24. The first-order valence-corrected chi connectivity index (χ1v) is 30.8. The fraction of sp³-hybridized carbons (Fsp3) is 0.944. The maximum absolute atomic E-state index is 12.9. The molecule has 0 spiro atoms. The van der Waals surface area contributed by atoms with E-state index in [9.17, 15) is 122 Å². The average Bonchev–Trinajstić information content (AvgIpc) is 0.777. The molecule has 3 amide bonds. The third kappa shape index (κ3) is 17.0. The zero-order valence-corrected chi connectivity index (χ0v) is 52.1. The van der Waals surface area contributed by atoms with Crippen LogP contribution in [0.2, 0.25) is 0 Å². The van der Waals surface area contributed by atoms with Gasteiger partial charge in [-0.3, -0.25) is 14.4 Å². The largest absolute Gasteiger partial charge is 0.394 e. The van der Waals surface area contributed by atoms with Gasteiger partial charge in [-0.15, -0.1) is 0 Å². The van der Waals surface area contributed by atoms with Crippen LogP contribution in [-0.4, -0.2) is 410 Å². The number of nitrogens with one attached hydrogen (secondary N) is 3. The molecular weight excluding hydrogens is 1310 g/mol. The first-order valence-electron chi connectivity index (χ1n) is 30.8. The third-order valence-electron chi connectivity index (χ3n) is 17.8. The topological polar surface area (TPSA) is 651 Å². The molecule has 0 saturated carbocycles. The summed E-state index contributed by atoms with van der Waals surface area (Å²) in [5.41, 5.74) is 0. The van der Waals surface area contributed by atoms with Crippen LogP contribution < -0.4 is 16.0 Å². The summed E-state index contributed by atoms with van der Waals surface area (Å²) in [5.74, 6) is -2.56. The van der Waals surface area contributed by atoms with Gasteiger partial charge in [-0.2, -0.15) is 0 Å². The van der Waals surface area contributed by atoms with E-state index in [4.69, 9.17) is 71.1 Å². The summed E-state index contributed by atoms with van der Waals surface area (Å²) in [7, 11) is 0. The van der Waals surface area contributed by atoms with Crippen molar-refractivity contribution in [1.29, 1.82) is 0 Å². The lowest BCUT2D eigenvalue weighted by molar-refractivity contribution is -0.401. The molecule has 24 N–H and O–H groups in total. The van der Waals surface area contributed by atoms with Crippen LogP contribution in [0.4, 0.5) is 0 Å². The highest BCUT2D eigenvalue weighted by Gasteiger charge is 2.60. The lowest BCUT2D eigenvalue weighted by Gasteiger charge is -2.51. The summed E-state index contributed by atoms with van der Waals surface area (Å²) >= 11 is 0. The van der Waals surface area contributed by atoms with Gasteiger partial charge in [-0.25, -0.2) is 0 Å². The molecule has 8 rings (SSSR count). The van der Waals surface area contributed by atoms with Crippen molar-refractivity contribution >= 4 is 17.7 Å². The molecule has 0 unspecified atom stereocenters. The van der Waals surface area contributed by atoms with Gasteiger partial charge < -0.3 is 194 Å². The second kappa shape index (κ2) is 33.8. The van der Waals surface area contributed by atoms with Crippen molar-refractivity contribution in [2.75, 3.05) is 39.6 Å². The van der Waals surface area contributed by atoms with E-state index in [1.165, 1.54) is 13.8 Å². The number of aliphatic hydroxyl groups excluding tert-OH is 21. The number of rotatable bonds is 23. The Kier molecular flexibility index (Phi) is 27.7. The van der Waals surface area contributed by atoms with Crippen molar-refractivity contribution in [2.24, 2.45) is 0 Å². The Bertz CT molecular complexity index is 2470. The maximum atomic E-state index is 12.9. The van der Waals surface area contributed by atoms with Crippen molar-refractivity contribution < 1.29 is 193 Å². The van der Waals surface area contributed by atoms with Crippen molar-refractivity contribution in [3.8, 4) is 0 Å². The SMILES string of the molecule is CC(=O)N[C@@H]1[C@@H](O[C@@H]2O[C@H](CO)[C@H](O)[C@H](O)[C@H]2O)[C@@H](O)[C@@H](CO[C@@H]2O[C@H](CO)[C@@H](O[C@@H]3O[C@H](CO)[C@H](O[C@H]4O[C@H](CO)[C@@H](O[C@@H]5O[C@H](CO)[C@H](O)[C@H](O)[C@H]5O[C@@H]5O[C@@H](C)[C@@H](O)[C@@H](O)[C@@H]5O)[C@H](O)[C@H]4NC(C)=O)[C@H](O)[C@H]3O[C@@H]3O[C@@H](C)[C@@H](O)[C@@H](O)[C@@H]3O)[C@H](O)[C@H]2NC(C)=O)O[C@@H]1O. The van der Waals surface area contributed by atoms with Crippen LogP contribution in [0.25, 0.3) is 0 Å². The molecule has 0 aromatic rings. The normalized spacial score (nSPS) is 50.3. The molecule has 0 bridgehead atoms. The Hall–Kier alpha value is -3.03. The predicted octanol–water partition coefficient (Wildman–Crippen LogP) is -16.0. The van der Waals surface area contributed by atoms with E-state index in [1.54, 1.807) is 0 Å². The Labute approximate surface area is 545 Å². The van der Waals surface area contributed by atoms with E-state index in [1.807, 2.05) is 0 Å². The van der Waals surface area contributed by atoms with E-state index >= 15 is 0 Å². The van der Waals surface area contributed by atoms with E-state index < -0.39 is 303 Å². The van der Waals surface area contributed by atoms with Crippen LogP contribution in [0.3, 0.4) is 0 Å². The van der Waals surface area contributed by atoms with Gasteiger partial charge in [0.15, 0.2) is 50.3 Å². The zero-order valence-electron chi connectivity index (χ0n) is 52.1. The zero-order chi connectivity index (χ0) is 70.8. The van der Waals surface area contributed by atoms with E-state index in [2.05, 4.69) is 16.0 Å². The molecule has 8 saturated heterocycles. The molecule has 8 aliphatic rings. The molecule has 8 aliphatic heterocycles. The molecule has 42 nitrogen and oxygen atoms in total. The number of hydrogen-bond acceptors (Lipinski definition) is 39. The smallest absolute Gasteiger partial charge is 0.217 e. The summed E-state index contributed by atoms with van der Waals surface area (Å²) in [6.45, 7) is -0.557. The van der Waals surface area contributed by atoms with Gasteiger partial charge in [-0.05, 0) is 13.8 Å². The minimum absolute atomic E-state index is 0.789. The van der Waals surface area contributed by atoms with Crippen molar-refractivity contribution in [3.05, 3.63) is 0 Å². The minimum Gasteiger partial charge on any atom is -0.394 e. The predicted molar refractivity (Wildman–Crippen MR) is 296 cm³/mol. The molecule has 0 aliphatic carbocycles. The molecule has 8 heterocycles. The number of amides is 3. The third-order valence-corrected chi connectivity index (χ3v) is 17.8. The highest BCUT2D eigenvalue weighted by atomic mass is 16.8. The summed E-state index contributed by atoms with van der Waals surface area (Å²) in [4.78, 5) is 38.1. The Morgan fingerprint density at radius 1 is 0.292 bits per heavy atom. The number of carbonyl (C=O) groups is 3. The van der Waals surface area contributed by atoms with Gasteiger partial charge in [0.05, 0.1) is 51.8 Å². The second-order valence-electron chi connectivity index (χ2n) is 24.6. The fourth-order valence-electron chi connectivity index (χ4n) is 12.5. The first kappa shape index (κ1) is 78.7. The van der Waals surface area contributed by atoms with Gasteiger partial charge in [0.25, 0.3) is 0 Å². The molecule has 40 atom stereocenters. The van der Waals surface area contributed by atoms with E-state index in [0.29, 0.717) is 0 Å². The highest BCUT2D eigenvalue weighted by Crippen LogP contribution is 2.39. The lowest BCUT2D eigenvalue weighted by atomic mass is 9.93. The molecule has 8 fully saturated rings. The minimum atomic E-state index is -2.32. The summed E-state index contributed by atoms with van der Waals surface area (Å²) in [5, 5.41) is 237. The summed E-state index contributed by atoms with van der Waals surface area (Å²) in [6.07, 6.45) is -70.7. The van der Waals surface area contributed by atoms with Crippen LogP contribution in [0.15, 0.2) is 0 Å². The van der Waals surface area contributed by atoms with Crippen molar-refractivity contribution in [1.82, 2.24) is 16.0 Å². The highest BCUT2D eigenvalue weighted by molar-refractivity contribution is 5.74. The standard InChI is InChI=1S/C54H91N3O39/c1-12-26(66)33(73)37(77)50(83-12)95-45-36(76)29(69)18(7-59)87-53(45)92-42-20(9-61)89-49(24(32(42)72)56-15(4)64)91-43-21(10-62)90-54(46(40(43)80)96-51-38(78)34(74)27(67)13(2)84-51)93-41-19(8-60)88-48(23(31(41)71)55-14(3)63)82-11-22-30(70)44(25(47(81)85-22)57-16(5)65)94-52-39(79)35(75)28(68)17(6-58)86-52/h12-13,17-54,58-62,66-81H,6-11H2,1-5H3,(H,55,63)(H,56,64)(H,57,65)/t12-,13-,17+,18+,19+,20+,21+,22+,23+,24+,25+,26+,27+,28-,29-,30-,31+,32+,33+,34+,35-,36-,37-,38-,39+,40-,41+,42+,43-,44+,45+,46+,47-,48+,49+,50-,51-,52-,53-,54-/m0/s1. The van der Waals surface area contributed by atoms with Gasteiger partial charge in [-0.1, -0.05) is 0 Å². The number of carbonyl (C=O) groups excluding carboxylic acids is 3. The molecule has 556 valence electrons. The van der Waals surface area contributed by atoms with Crippen LogP contribution in [0.1, 0.15) is 34.6 Å². The monoisotopic (exact) mass is 1410 g/mol.